The fourth-order valence-corrected chi connectivity index (χ4v) is 4.33. The molecule has 3 heterocycles. The minimum atomic E-state index is -0.225. The predicted molar refractivity (Wildman–Crippen MR) is 110 cm³/mol. The molecule has 2 fully saturated rings. The van der Waals surface area contributed by atoms with Gasteiger partial charge in [-0.1, -0.05) is 49.2 Å². The van der Waals surface area contributed by atoms with Crippen LogP contribution in [0.25, 0.3) is 0 Å². The fraction of sp³-hybridized carbons (Fsp3) is 0.478. The summed E-state index contributed by atoms with van der Waals surface area (Å²) in [7, 11) is 0. The molecule has 1 unspecified atom stereocenters. The molecule has 4 rings (SSSR count). The van der Waals surface area contributed by atoms with Crippen LogP contribution in [0.15, 0.2) is 48.7 Å². The van der Waals surface area contributed by atoms with E-state index in [0.717, 1.165) is 43.9 Å². The van der Waals surface area contributed by atoms with Crippen molar-refractivity contribution in [1.29, 1.82) is 0 Å². The summed E-state index contributed by atoms with van der Waals surface area (Å²) < 4.78 is 5.62. The van der Waals surface area contributed by atoms with E-state index >= 15 is 0 Å². The van der Waals surface area contributed by atoms with Gasteiger partial charge in [-0.15, -0.1) is 0 Å². The molecule has 0 saturated carbocycles. The van der Waals surface area contributed by atoms with Crippen molar-refractivity contribution in [3.8, 4) is 0 Å². The van der Waals surface area contributed by atoms with Crippen molar-refractivity contribution in [2.75, 3.05) is 24.5 Å². The second kappa shape index (κ2) is 9.09. The number of aromatic nitrogens is 1. The number of hydrogen-bond donors (Lipinski definition) is 0. The minimum Gasteiger partial charge on any atom is -0.445 e. The van der Waals surface area contributed by atoms with Gasteiger partial charge in [0.25, 0.3) is 0 Å². The third-order valence-corrected chi connectivity index (χ3v) is 5.77. The molecule has 1 aromatic carbocycles. The summed E-state index contributed by atoms with van der Waals surface area (Å²) in [6.45, 7) is 3.16. The van der Waals surface area contributed by atoms with Gasteiger partial charge in [-0.05, 0) is 37.3 Å². The Hall–Kier alpha value is -2.56. The lowest BCUT2D eigenvalue weighted by molar-refractivity contribution is 0.0921. The summed E-state index contributed by atoms with van der Waals surface area (Å²) in [5.74, 6) is 1.05. The molecule has 1 atom stereocenters. The van der Waals surface area contributed by atoms with Gasteiger partial charge < -0.3 is 14.5 Å². The molecule has 0 bridgehead atoms. The molecule has 2 saturated heterocycles. The van der Waals surface area contributed by atoms with Crippen LogP contribution in [0.3, 0.4) is 0 Å². The smallest absolute Gasteiger partial charge is 0.410 e. The monoisotopic (exact) mass is 379 g/mol. The highest BCUT2D eigenvalue weighted by Crippen LogP contribution is 2.37. The Kier molecular flexibility index (Phi) is 6.10. The number of carbonyl (C=O) groups is 1. The van der Waals surface area contributed by atoms with E-state index in [-0.39, 0.29) is 12.1 Å². The lowest BCUT2D eigenvalue weighted by atomic mass is 10.0. The van der Waals surface area contributed by atoms with E-state index in [2.05, 4.69) is 11.0 Å². The van der Waals surface area contributed by atoms with Crippen molar-refractivity contribution >= 4 is 11.9 Å². The van der Waals surface area contributed by atoms with Crippen LogP contribution >= 0.6 is 0 Å². The largest absolute Gasteiger partial charge is 0.445 e. The number of anilines is 1. The molecule has 5 nitrogen and oxygen atoms in total. The maximum absolute atomic E-state index is 12.8. The molecule has 0 spiro atoms. The quantitative estimate of drug-likeness (QED) is 0.755. The van der Waals surface area contributed by atoms with Crippen molar-refractivity contribution in [2.45, 2.75) is 51.2 Å². The first-order valence-electron chi connectivity index (χ1n) is 10.5. The molecule has 0 aliphatic carbocycles. The molecule has 2 aliphatic rings. The van der Waals surface area contributed by atoms with E-state index in [4.69, 9.17) is 9.72 Å². The molecule has 2 aliphatic heterocycles. The number of nitrogens with zero attached hydrogens (tertiary/aromatic N) is 3. The number of rotatable bonds is 4. The predicted octanol–water partition coefficient (Wildman–Crippen LogP) is 4.94. The number of carbonyl (C=O) groups excluding carboxylic acids is 1. The summed E-state index contributed by atoms with van der Waals surface area (Å²) in [5, 5.41) is 0. The van der Waals surface area contributed by atoms with Gasteiger partial charge >= 0.3 is 6.09 Å². The van der Waals surface area contributed by atoms with E-state index in [0.29, 0.717) is 6.61 Å². The van der Waals surface area contributed by atoms with E-state index in [1.54, 1.807) is 0 Å². The van der Waals surface area contributed by atoms with Crippen LogP contribution in [0, 0.1) is 0 Å². The van der Waals surface area contributed by atoms with E-state index in [1.165, 1.54) is 31.2 Å². The summed E-state index contributed by atoms with van der Waals surface area (Å²) >= 11 is 0. The van der Waals surface area contributed by atoms with Crippen molar-refractivity contribution in [3.05, 3.63) is 59.8 Å². The van der Waals surface area contributed by atoms with Gasteiger partial charge in [0.2, 0.25) is 0 Å². The number of likely N-dealkylation sites (tertiary alicyclic amines) is 1. The van der Waals surface area contributed by atoms with Crippen molar-refractivity contribution in [3.63, 3.8) is 0 Å². The van der Waals surface area contributed by atoms with Gasteiger partial charge in [0.1, 0.15) is 12.4 Å². The number of benzene rings is 1. The van der Waals surface area contributed by atoms with Gasteiger partial charge in [-0.2, -0.15) is 0 Å². The van der Waals surface area contributed by atoms with Crippen LogP contribution in [0.4, 0.5) is 10.6 Å². The number of hydrogen-bond acceptors (Lipinski definition) is 4. The van der Waals surface area contributed by atoms with Gasteiger partial charge in [0.05, 0.1) is 6.04 Å². The SMILES string of the molecule is O=C(OCc1ccccc1)N1CCCC1c1cccnc1N1CCCCCC1. The first-order valence-corrected chi connectivity index (χ1v) is 10.5. The Morgan fingerprint density at radius 2 is 1.75 bits per heavy atom. The first-order chi connectivity index (χ1) is 13.8. The Morgan fingerprint density at radius 1 is 0.964 bits per heavy atom. The fourth-order valence-electron chi connectivity index (χ4n) is 4.33. The van der Waals surface area contributed by atoms with Crippen molar-refractivity contribution < 1.29 is 9.53 Å². The number of pyridine rings is 1. The number of ether oxygens (including phenoxy) is 1. The second-order valence-electron chi connectivity index (χ2n) is 7.71. The van der Waals surface area contributed by atoms with Crippen LogP contribution < -0.4 is 4.90 Å². The molecule has 148 valence electrons. The third kappa shape index (κ3) is 4.29. The lowest BCUT2D eigenvalue weighted by Gasteiger charge is -2.30. The molecule has 1 aromatic heterocycles. The molecule has 2 aromatic rings. The Bertz CT molecular complexity index is 772. The third-order valence-electron chi connectivity index (χ3n) is 5.77. The topological polar surface area (TPSA) is 45.7 Å². The molecule has 1 amide bonds. The average molecular weight is 380 g/mol. The van der Waals surface area contributed by atoms with Gasteiger partial charge in [-0.3, -0.25) is 0 Å². The summed E-state index contributed by atoms with van der Waals surface area (Å²) in [5.41, 5.74) is 2.18. The summed E-state index contributed by atoms with van der Waals surface area (Å²) in [6, 6.07) is 14.0. The highest BCUT2D eigenvalue weighted by molar-refractivity contribution is 5.69. The highest BCUT2D eigenvalue weighted by atomic mass is 16.6. The van der Waals surface area contributed by atoms with Crippen LogP contribution in [0.1, 0.15) is 55.7 Å². The summed E-state index contributed by atoms with van der Waals surface area (Å²) in [6.07, 6.45) is 8.62. The van der Waals surface area contributed by atoms with Crippen LogP contribution in [0.5, 0.6) is 0 Å². The first kappa shape index (κ1) is 18.8. The maximum atomic E-state index is 12.8. The molecule has 28 heavy (non-hydrogen) atoms. The molecule has 5 heteroatoms. The van der Waals surface area contributed by atoms with Gasteiger partial charge in [0, 0.05) is 31.4 Å². The lowest BCUT2D eigenvalue weighted by Crippen LogP contribution is -2.33. The summed E-state index contributed by atoms with van der Waals surface area (Å²) in [4.78, 5) is 21.8. The number of amides is 1. The van der Waals surface area contributed by atoms with E-state index < -0.39 is 0 Å². The molecular formula is C23H29N3O2. The normalized spacial score (nSPS) is 20.1. The Balaban J connectivity index is 1.49. The average Bonchev–Trinajstić information content (AvgIpc) is 3.08. The zero-order chi connectivity index (χ0) is 19.2. The Morgan fingerprint density at radius 3 is 2.54 bits per heavy atom. The molecular weight excluding hydrogens is 350 g/mol. The van der Waals surface area contributed by atoms with Crippen LogP contribution in [-0.2, 0) is 11.3 Å². The Labute approximate surface area is 167 Å². The standard InChI is InChI=1S/C23H29N3O2/c27-23(28-18-19-10-4-3-5-11-19)26-17-9-13-21(26)20-12-8-14-24-22(20)25-15-6-1-2-7-16-25/h3-5,8,10-12,14,21H,1-2,6-7,9,13,15-18H2. The van der Waals surface area contributed by atoms with Gasteiger partial charge in [-0.25, -0.2) is 9.78 Å². The van der Waals surface area contributed by atoms with Crippen LogP contribution in [-0.4, -0.2) is 35.6 Å². The highest BCUT2D eigenvalue weighted by Gasteiger charge is 2.33. The zero-order valence-electron chi connectivity index (χ0n) is 16.4. The van der Waals surface area contributed by atoms with Crippen molar-refractivity contribution in [1.82, 2.24) is 9.88 Å². The zero-order valence-corrected chi connectivity index (χ0v) is 16.4. The minimum absolute atomic E-state index is 0.0511. The van der Waals surface area contributed by atoms with Crippen LogP contribution in [0.2, 0.25) is 0 Å². The second-order valence-corrected chi connectivity index (χ2v) is 7.71. The maximum Gasteiger partial charge on any atom is 0.410 e. The van der Waals surface area contributed by atoms with E-state index in [1.807, 2.05) is 47.5 Å². The molecule has 0 N–H and O–H groups in total. The molecule has 0 radical (unpaired) electrons. The van der Waals surface area contributed by atoms with Gasteiger partial charge in [0.15, 0.2) is 0 Å². The van der Waals surface area contributed by atoms with Crippen molar-refractivity contribution in [2.24, 2.45) is 0 Å². The van der Waals surface area contributed by atoms with E-state index in [9.17, 15) is 4.79 Å².